The molecule has 1 unspecified atom stereocenters. The van der Waals surface area contributed by atoms with Gasteiger partial charge in [0, 0.05) is 19.3 Å². The molecule has 0 aromatic carbocycles. The zero-order valence-electron chi connectivity index (χ0n) is 11.0. The highest BCUT2D eigenvalue weighted by Crippen LogP contribution is 2.30. The van der Waals surface area contributed by atoms with Gasteiger partial charge in [-0.2, -0.15) is 5.26 Å². The van der Waals surface area contributed by atoms with Gasteiger partial charge in [0.25, 0.3) is 0 Å². The lowest BCUT2D eigenvalue weighted by Crippen LogP contribution is -2.47. The smallest absolute Gasteiger partial charge is 0.240 e. The number of amides is 1. The van der Waals surface area contributed by atoms with Crippen molar-refractivity contribution in [1.29, 1.82) is 5.26 Å². The Labute approximate surface area is 103 Å². The summed E-state index contributed by atoms with van der Waals surface area (Å²) in [7, 11) is 0. The van der Waals surface area contributed by atoms with Crippen LogP contribution in [-0.2, 0) is 9.53 Å². The molecule has 4 nitrogen and oxygen atoms in total. The van der Waals surface area contributed by atoms with Crippen molar-refractivity contribution in [3.05, 3.63) is 0 Å². The predicted molar refractivity (Wildman–Crippen MR) is 65.2 cm³/mol. The summed E-state index contributed by atoms with van der Waals surface area (Å²) >= 11 is 0. The van der Waals surface area contributed by atoms with Gasteiger partial charge in [0.05, 0.1) is 6.07 Å². The molecule has 1 N–H and O–H groups in total. The minimum atomic E-state index is -0.872. The highest BCUT2D eigenvalue weighted by atomic mass is 16.5. The van der Waals surface area contributed by atoms with Gasteiger partial charge in [-0.3, -0.25) is 4.79 Å². The number of rotatable bonds is 4. The Balaban J connectivity index is 2.58. The third kappa shape index (κ3) is 3.71. The van der Waals surface area contributed by atoms with E-state index in [2.05, 4.69) is 25.2 Å². The average Bonchev–Trinajstić information content (AvgIpc) is 2.28. The summed E-state index contributed by atoms with van der Waals surface area (Å²) in [6.45, 7) is 7.23. The second-order valence-corrected chi connectivity index (χ2v) is 5.31. The molecule has 0 bridgehead atoms. The molecule has 0 spiro atoms. The highest BCUT2D eigenvalue weighted by molar-refractivity contribution is 5.85. The van der Waals surface area contributed by atoms with Crippen molar-refractivity contribution in [1.82, 2.24) is 5.32 Å². The third-order valence-corrected chi connectivity index (χ3v) is 3.20. The van der Waals surface area contributed by atoms with Crippen LogP contribution in [0.2, 0.25) is 0 Å². The maximum atomic E-state index is 12.2. The van der Waals surface area contributed by atoms with Crippen LogP contribution in [0.1, 0.15) is 40.0 Å². The minimum Gasteiger partial charge on any atom is -0.381 e. The van der Waals surface area contributed by atoms with Gasteiger partial charge in [-0.15, -0.1) is 0 Å². The van der Waals surface area contributed by atoms with Gasteiger partial charge >= 0.3 is 0 Å². The molecule has 0 aromatic heterocycles. The first kappa shape index (κ1) is 14.0. The molecule has 96 valence electrons. The summed E-state index contributed by atoms with van der Waals surface area (Å²) < 4.78 is 5.22. The molecule has 1 aliphatic heterocycles. The van der Waals surface area contributed by atoms with Crippen molar-refractivity contribution in [2.24, 2.45) is 11.3 Å². The topological polar surface area (TPSA) is 62.1 Å². The van der Waals surface area contributed by atoms with E-state index in [0.717, 1.165) is 6.42 Å². The van der Waals surface area contributed by atoms with Gasteiger partial charge in [-0.25, -0.2) is 0 Å². The van der Waals surface area contributed by atoms with Gasteiger partial charge in [-0.1, -0.05) is 13.8 Å². The average molecular weight is 238 g/mol. The van der Waals surface area contributed by atoms with Gasteiger partial charge in [0.2, 0.25) is 5.91 Å². The van der Waals surface area contributed by atoms with Crippen LogP contribution < -0.4 is 5.32 Å². The molecule has 17 heavy (non-hydrogen) atoms. The summed E-state index contributed by atoms with van der Waals surface area (Å²) in [4.78, 5) is 12.2. The first-order valence-electron chi connectivity index (χ1n) is 6.30. The van der Waals surface area contributed by atoms with Gasteiger partial charge < -0.3 is 10.1 Å². The van der Waals surface area contributed by atoms with E-state index in [1.165, 1.54) is 0 Å². The molecular weight excluding hydrogens is 216 g/mol. The number of carbonyl (C=O) groups excluding carboxylic acids is 1. The number of hydrogen-bond acceptors (Lipinski definition) is 3. The SMILES string of the molecule is CC(C)CC(C)NC(=O)C1(C#N)CCOCC1. The Morgan fingerprint density at radius 1 is 1.41 bits per heavy atom. The zero-order chi connectivity index (χ0) is 12.9. The Morgan fingerprint density at radius 2 is 2.00 bits per heavy atom. The quantitative estimate of drug-likeness (QED) is 0.813. The fourth-order valence-corrected chi connectivity index (χ4v) is 2.24. The predicted octanol–water partition coefficient (Wildman–Crippen LogP) is 1.86. The van der Waals surface area contributed by atoms with E-state index in [-0.39, 0.29) is 11.9 Å². The lowest BCUT2D eigenvalue weighted by Gasteiger charge is -2.30. The van der Waals surface area contributed by atoms with Crippen LogP contribution in [0.5, 0.6) is 0 Å². The lowest BCUT2D eigenvalue weighted by atomic mass is 9.80. The molecule has 1 rings (SSSR count). The first-order chi connectivity index (χ1) is 8.00. The maximum Gasteiger partial charge on any atom is 0.240 e. The largest absolute Gasteiger partial charge is 0.381 e. The molecular formula is C13H22N2O2. The van der Waals surface area contributed by atoms with Gasteiger partial charge in [0.1, 0.15) is 5.41 Å². The molecule has 0 radical (unpaired) electrons. The molecule has 1 saturated heterocycles. The molecule has 1 amide bonds. The highest BCUT2D eigenvalue weighted by Gasteiger charge is 2.40. The van der Waals surface area contributed by atoms with Crippen molar-refractivity contribution >= 4 is 5.91 Å². The standard InChI is InChI=1S/C13H22N2O2/c1-10(2)8-11(3)15-12(16)13(9-14)4-6-17-7-5-13/h10-11H,4-8H2,1-3H3,(H,15,16). The molecule has 0 saturated carbocycles. The van der Waals surface area contributed by atoms with E-state index in [1.54, 1.807) is 0 Å². The normalized spacial score (nSPS) is 20.6. The Hall–Kier alpha value is -1.08. The summed E-state index contributed by atoms with van der Waals surface area (Å²) in [5, 5.41) is 12.2. The third-order valence-electron chi connectivity index (χ3n) is 3.20. The van der Waals surface area contributed by atoms with Crippen LogP contribution in [-0.4, -0.2) is 25.2 Å². The van der Waals surface area contributed by atoms with E-state index in [4.69, 9.17) is 4.74 Å². The Kier molecular flexibility index (Phi) is 4.95. The van der Waals surface area contributed by atoms with E-state index in [9.17, 15) is 10.1 Å². The van der Waals surface area contributed by atoms with Crippen LogP contribution >= 0.6 is 0 Å². The van der Waals surface area contributed by atoms with E-state index in [0.29, 0.717) is 32.0 Å². The number of nitrogens with zero attached hydrogens (tertiary/aromatic N) is 1. The van der Waals surface area contributed by atoms with Crippen LogP contribution in [0.25, 0.3) is 0 Å². The van der Waals surface area contributed by atoms with E-state index >= 15 is 0 Å². The Bertz CT molecular complexity index is 301. The number of ether oxygens (including phenoxy) is 1. The number of carbonyl (C=O) groups is 1. The molecule has 4 heteroatoms. The summed E-state index contributed by atoms with van der Waals surface area (Å²) in [6, 6.07) is 2.30. The van der Waals surface area contributed by atoms with E-state index in [1.807, 2.05) is 6.92 Å². The van der Waals surface area contributed by atoms with E-state index < -0.39 is 5.41 Å². The summed E-state index contributed by atoms with van der Waals surface area (Å²) in [5.41, 5.74) is -0.872. The van der Waals surface area contributed by atoms with Crippen molar-refractivity contribution in [3.63, 3.8) is 0 Å². The molecule has 0 aliphatic carbocycles. The maximum absolute atomic E-state index is 12.2. The van der Waals surface area contributed by atoms with Crippen molar-refractivity contribution in [3.8, 4) is 6.07 Å². The number of nitriles is 1. The van der Waals surface area contributed by atoms with Gasteiger partial charge in [-0.05, 0) is 32.1 Å². The number of hydrogen-bond donors (Lipinski definition) is 1. The van der Waals surface area contributed by atoms with Crippen molar-refractivity contribution < 1.29 is 9.53 Å². The van der Waals surface area contributed by atoms with Crippen LogP contribution in [0.3, 0.4) is 0 Å². The van der Waals surface area contributed by atoms with Crippen molar-refractivity contribution in [2.45, 2.75) is 46.1 Å². The molecule has 1 atom stereocenters. The summed E-state index contributed by atoms with van der Waals surface area (Å²) in [6.07, 6.45) is 1.94. The number of nitrogens with one attached hydrogen (secondary N) is 1. The lowest BCUT2D eigenvalue weighted by molar-refractivity contribution is -0.133. The van der Waals surface area contributed by atoms with Crippen molar-refractivity contribution in [2.75, 3.05) is 13.2 Å². The fourth-order valence-electron chi connectivity index (χ4n) is 2.24. The van der Waals surface area contributed by atoms with Crippen LogP contribution in [0.15, 0.2) is 0 Å². The zero-order valence-corrected chi connectivity index (χ0v) is 11.0. The second kappa shape index (κ2) is 6.02. The fraction of sp³-hybridized carbons (Fsp3) is 0.846. The molecule has 1 aliphatic rings. The first-order valence-corrected chi connectivity index (χ1v) is 6.30. The molecule has 0 aromatic rings. The Morgan fingerprint density at radius 3 is 2.47 bits per heavy atom. The molecule has 1 fully saturated rings. The molecule has 1 heterocycles. The monoisotopic (exact) mass is 238 g/mol. The van der Waals surface area contributed by atoms with Crippen LogP contribution in [0, 0.1) is 22.7 Å². The summed E-state index contributed by atoms with van der Waals surface area (Å²) in [5.74, 6) is 0.412. The minimum absolute atomic E-state index is 0.121. The second-order valence-electron chi connectivity index (χ2n) is 5.31. The van der Waals surface area contributed by atoms with Gasteiger partial charge in [0.15, 0.2) is 0 Å². The van der Waals surface area contributed by atoms with Crippen LogP contribution in [0.4, 0.5) is 0 Å².